The molecule has 0 N–H and O–H groups in total. The van der Waals surface area contributed by atoms with Gasteiger partial charge < -0.3 is 9.80 Å². The first-order valence-corrected chi connectivity index (χ1v) is 11.3. The zero-order valence-electron chi connectivity index (χ0n) is 17.7. The van der Waals surface area contributed by atoms with Crippen LogP contribution < -0.4 is 4.90 Å². The highest BCUT2D eigenvalue weighted by molar-refractivity contribution is 6.40. The number of hydrogen-bond donors (Lipinski definition) is 0. The fraction of sp³-hybridized carbons (Fsp3) is 0.435. The maximum absolute atomic E-state index is 13.5. The third-order valence-corrected chi connectivity index (χ3v) is 7.22. The zero-order valence-corrected chi connectivity index (χ0v) is 19.3. The minimum Gasteiger partial charge on any atom is -0.307 e. The van der Waals surface area contributed by atoms with E-state index >= 15 is 0 Å². The summed E-state index contributed by atoms with van der Waals surface area (Å²) in [6, 6.07) is 7.82. The van der Waals surface area contributed by atoms with E-state index in [1.165, 1.54) is 23.1 Å². The number of carbonyl (C=O) groups is 1. The molecular weight excluding hydrogens is 505 g/mol. The van der Waals surface area contributed by atoms with Crippen molar-refractivity contribution in [2.45, 2.75) is 37.0 Å². The van der Waals surface area contributed by atoms with E-state index in [4.69, 9.17) is 23.2 Å². The molecule has 0 bridgehead atoms. The molecule has 4 rings (SSSR count). The van der Waals surface area contributed by atoms with Crippen LogP contribution in [0, 0.1) is 0 Å². The smallest absolute Gasteiger partial charge is 0.307 e. The highest BCUT2D eigenvalue weighted by atomic mass is 35.5. The van der Waals surface area contributed by atoms with Crippen molar-refractivity contribution in [3.63, 3.8) is 0 Å². The van der Waals surface area contributed by atoms with Gasteiger partial charge in [0.05, 0.1) is 27.6 Å². The standard InChI is InChI=1S/C23H20Cl2F6N2O/c24-16-2-1-3-17(25)19(16)20(34)33-13-21(6-9-32(10-7-21)11-8-22(26,27)28)15-12-14(23(29,30)31)4-5-18(15)33/h1-5,12H,6-11,13H2. The van der Waals surface area contributed by atoms with Crippen LogP contribution >= 0.6 is 23.2 Å². The number of rotatable bonds is 3. The number of hydrogen-bond acceptors (Lipinski definition) is 2. The second kappa shape index (κ2) is 8.91. The summed E-state index contributed by atoms with van der Waals surface area (Å²) in [5.41, 5.74) is -0.895. The van der Waals surface area contributed by atoms with E-state index in [2.05, 4.69) is 0 Å². The third-order valence-electron chi connectivity index (χ3n) is 6.59. The fourth-order valence-corrected chi connectivity index (χ4v) is 5.34. The van der Waals surface area contributed by atoms with Gasteiger partial charge in [-0.15, -0.1) is 0 Å². The molecule has 2 aliphatic rings. The number of piperidine rings is 1. The molecule has 2 aliphatic heterocycles. The van der Waals surface area contributed by atoms with Gasteiger partial charge in [0.2, 0.25) is 0 Å². The van der Waals surface area contributed by atoms with E-state index in [0.29, 0.717) is 24.1 Å². The number of carbonyl (C=O) groups excluding carboxylic acids is 1. The molecule has 11 heteroatoms. The van der Waals surface area contributed by atoms with Crippen LogP contribution in [0.15, 0.2) is 36.4 Å². The van der Waals surface area contributed by atoms with Gasteiger partial charge in [0, 0.05) is 24.2 Å². The number of fused-ring (bicyclic) bond motifs is 2. The molecule has 2 heterocycles. The summed E-state index contributed by atoms with van der Waals surface area (Å²) in [7, 11) is 0. The normalized spacial score (nSPS) is 18.4. The lowest BCUT2D eigenvalue weighted by atomic mass is 9.74. The highest BCUT2D eigenvalue weighted by Gasteiger charge is 2.48. The van der Waals surface area contributed by atoms with Crippen molar-refractivity contribution in [1.29, 1.82) is 0 Å². The Morgan fingerprint density at radius 3 is 2.15 bits per heavy atom. The maximum Gasteiger partial charge on any atom is 0.416 e. The maximum atomic E-state index is 13.5. The van der Waals surface area contributed by atoms with Crippen LogP contribution in [0.5, 0.6) is 0 Å². The molecule has 184 valence electrons. The van der Waals surface area contributed by atoms with Gasteiger partial charge in [0.25, 0.3) is 5.91 Å². The molecule has 1 amide bonds. The van der Waals surface area contributed by atoms with Crippen molar-refractivity contribution >= 4 is 34.8 Å². The van der Waals surface area contributed by atoms with Crippen LogP contribution in [0.4, 0.5) is 32.0 Å². The first-order valence-electron chi connectivity index (χ1n) is 10.6. The van der Waals surface area contributed by atoms with Gasteiger partial charge in [0.15, 0.2) is 0 Å². The molecule has 2 aromatic carbocycles. The zero-order chi connectivity index (χ0) is 24.9. The van der Waals surface area contributed by atoms with Gasteiger partial charge in [-0.05, 0) is 61.8 Å². The molecular formula is C23H20Cl2F6N2O. The Bertz CT molecular complexity index is 1070. The van der Waals surface area contributed by atoms with E-state index in [0.717, 1.165) is 12.1 Å². The predicted octanol–water partition coefficient (Wildman–Crippen LogP) is 6.96. The second-order valence-electron chi connectivity index (χ2n) is 8.70. The minimum absolute atomic E-state index is 0.0522. The largest absolute Gasteiger partial charge is 0.416 e. The quantitative estimate of drug-likeness (QED) is 0.405. The molecule has 0 atom stereocenters. The number of likely N-dealkylation sites (tertiary alicyclic amines) is 1. The van der Waals surface area contributed by atoms with E-state index in [-0.39, 0.29) is 41.8 Å². The summed E-state index contributed by atoms with van der Waals surface area (Å²) in [5.74, 6) is -0.534. The van der Waals surface area contributed by atoms with Gasteiger partial charge in [-0.2, -0.15) is 26.3 Å². The van der Waals surface area contributed by atoms with Crippen LogP contribution in [0.25, 0.3) is 0 Å². The highest BCUT2D eigenvalue weighted by Crippen LogP contribution is 2.49. The Labute approximate surface area is 202 Å². The van der Waals surface area contributed by atoms with Crippen molar-refractivity contribution in [2.24, 2.45) is 0 Å². The summed E-state index contributed by atoms with van der Waals surface area (Å²) < 4.78 is 78.3. The van der Waals surface area contributed by atoms with Crippen LogP contribution in [0.2, 0.25) is 10.0 Å². The second-order valence-corrected chi connectivity index (χ2v) is 9.52. The van der Waals surface area contributed by atoms with Crippen molar-refractivity contribution in [1.82, 2.24) is 4.90 Å². The van der Waals surface area contributed by atoms with E-state index in [1.807, 2.05) is 0 Å². The lowest BCUT2D eigenvalue weighted by Gasteiger charge is -2.40. The number of halogens is 8. The Kier molecular flexibility index (Phi) is 6.59. The fourth-order valence-electron chi connectivity index (χ4n) is 4.78. The molecule has 1 fully saturated rings. The molecule has 0 radical (unpaired) electrons. The molecule has 1 spiro atoms. The topological polar surface area (TPSA) is 23.6 Å². The summed E-state index contributed by atoms with van der Waals surface area (Å²) in [6.07, 6.45) is -9.18. The number of nitrogens with zero attached hydrogens (tertiary/aromatic N) is 2. The van der Waals surface area contributed by atoms with Crippen molar-refractivity contribution < 1.29 is 31.1 Å². The SMILES string of the molecule is O=C(c1c(Cl)cccc1Cl)N1CC2(CCN(CCC(F)(F)F)CC2)c2cc(C(F)(F)F)ccc21. The number of anilines is 1. The summed E-state index contributed by atoms with van der Waals surface area (Å²) >= 11 is 12.4. The van der Waals surface area contributed by atoms with E-state index in [9.17, 15) is 31.1 Å². The third kappa shape index (κ3) is 4.88. The Morgan fingerprint density at radius 1 is 0.971 bits per heavy atom. The number of benzene rings is 2. The predicted molar refractivity (Wildman–Crippen MR) is 118 cm³/mol. The molecule has 0 unspecified atom stereocenters. The van der Waals surface area contributed by atoms with Crippen molar-refractivity contribution in [3.8, 4) is 0 Å². The van der Waals surface area contributed by atoms with Gasteiger partial charge >= 0.3 is 12.4 Å². The van der Waals surface area contributed by atoms with Crippen molar-refractivity contribution in [3.05, 3.63) is 63.1 Å². The molecule has 34 heavy (non-hydrogen) atoms. The molecule has 1 saturated heterocycles. The Balaban J connectivity index is 1.68. The average molecular weight is 525 g/mol. The van der Waals surface area contributed by atoms with E-state index in [1.54, 1.807) is 11.0 Å². The minimum atomic E-state index is -4.58. The average Bonchev–Trinajstić information content (AvgIpc) is 3.06. The molecule has 0 aromatic heterocycles. The summed E-state index contributed by atoms with van der Waals surface area (Å²) in [6.45, 7) is 0.478. The van der Waals surface area contributed by atoms with Crippen molar-refractivity contribution in [2.75, 3.05) is 31.1 Å². The van der Waals surface area contributed by atoms with Crippen LogP contribution in [0.3, 0.4) is 0 Å². The van der Waals surface area contributed by atoms with Gasteiger partial charge in [-0.1, -0.05) is 29.3 Å². The first-order chi connectivity index (χ1) is 15.8. The van der Waals surface area contributed by atoms with Crippen LogP contribution in [-0.4, -0.2) is 43.2 Å². The molecule has 3 nitrogen and oxygen atoms in total. The van der Waals surface area contributed by atoms with Crippen LogP contribution in [-0.2, 0) is 11.6 Å². The Morgan fingerprint density at radius 2 is 1.59 bits per heavy atom. The first kappa shape index (κ1) is 25.1. The summed E-state index contributed by atoms with van der Waals surface area (Å²) in [5, 5.41) is 0.239. The Hall–Kier alpha value is -1.97. The molecule has 0 aliphatic carbocycles. The number of amides is 1. The molecule has 0 saturated carbocycles. The number of alkyl halides is 6. The summed E-state index contributed by atoms with van der Waals surface area (Å²) in [4.78, 5) is 16.5. The molecule has 2 aromatic rings. The van der Waals surface area contributed by atoms with Crippen LogP contribution in [0.1, 0.15) is 40.7 Å². The lowest BCUT2D eigenvalue weighted by Crippen LogP contribution is -2.46. The monoisotopic (exact) mass is 524 g/mol. The van der Waals surface area contributed by atoms with Gasteiger partial charge in [-0.3, -0.25) is 4.79 Å². The van der Waals surface area contributed by atoms with E-state index < -0.39 is 35.7 Å². The lowest BCUT2D eigenvalue weighted by molar-refractivity contribution is -0.138. The van der Waals surface area contributed by atoms with Gasteiger partial charge in [0.1, 0.15) is 0 Å². The van der Waals surface area contributed by atoms with Gasteiger partial charge in [-0.25, -0.2) is 0 Å².